The van der Waals surface area contributed by atoms with Gasteiger partial charge in [-0.2, -0.15) is 0 Å². The maximum absolute atomic E-state index is 13.1. The molecule has 1 aromatic heterocycles. The first-order chi connectivity index (χ1) is 15.8. The Morgan fingerprint density at radius 3 is 2.48 bits per heavy atom. The number of aromatic nitrogens is 1. The highest BCUT2D eigenvalue weighted by Gasteiger charge is 2.48. The molecule has 2 N–H and O–H groups in total. The van der Waals surface area contributed by atoms with Gasteiger partial charge < -0.3 is 24.2 Å². The van der Waals surface area contributed by atoms with Crippen LogP contribution in [0.25, 0.3) is 5.76 Å². The first kappa shape index (κ1) is 21.9. The number of Topliss-reactive ketones (excluding diaryl/α,β-unsaturated/α-hetero) is 1. The number of aromatic hydroxyl groups is 1. The summed E-state index contributed by atoms with van der Waals surface area (Å²) in [6.07, 6.45) is 0. The summed E-state index contributed by atoms with van der Waals surface area (Å²) in [5.41, 5.74) is 0.643. The fraction of sp³-hybridized carbons (Fsp3) is 0.208. The number of hydrogen-bond acceptors (Lipinski definition) is 8. The van der Waals surface area contributed by atoms with Gasteiger partial charge >= 0.3 is 5.91 Å². The quantitative estimate of drug-likeness (QED) is 0.331. The molecule has 1 aliphatic rings. The van der Waals surface area contributed by atoms with Gasteiger partial charge in [0, 0.05) is 11.6 Å². The normalized spacial score (nSPS) is 17.4. The number of amides is 1. The van der Waals surface area contributed by atoms with Crippen LogP contribution in [0.5, 0.6) is 17.2 Å². The molecule has 9 heteroatoms. The summed E-state index contributed by atoms with van der Waals surface area (Å²) in [4.78, 5) is 27.4. The van der Waals surface area contributed by atoms with Gasteiger partial charge in [0.05, 0.1) is 25.3 Å². The van der Waals surface area contributed by atoms with Crippen LogP contribution in [0.15, 0.2) is 58.6 Å². The summed E-state index contributed by atoms with van der Waals surface area (Å²) in [6, 6.07) is 11.4. The van der Waals surface area contributed by atoms with E-state index in [1.165, 1.54) is 25.3 Å². The summed E-state index contributed by atoms with van der Waals surface area (Å²) in [6.45, 7) is 3.72. The van der Waals surface area contributed by atoms with Crippen molar-refractivity contribution in [3.63, 3.8) is 0 Å². The van der Waals surface area contributed by atoms with Gasteiger partial charge in [0.15, 0.2) is 17.3 Å². The van der Waals surface area contributed by atoms with E-state index in [4.69, 9.17) is 14.0 Å². The molecule has 3 aromatic rings. The smallest absolute Gasteiger partial charge is 0.301 e. The minimum atomic E-state index is -1.03. The van der Waals surface area contributed by atoms with Crippen LogP contribution in [0.4, 0.5) is 5.82 Å². The van der Waals surface area contributed by atoms with Crippen molar-refractivity contribution < 1.29 is 33.8 Å². The first-order valence-electron chi connectivity index (χ1n) is 10.2. The van der Waals surface area contributed by atoms with Gasteiger partial charge in [0.25, 0.3) is 5.78 Å². The van der Waals surface area contributed by atoms with E-state index in [-0.39, 0.29) is 28.6 Å². The lowest BCUT2D eigenvalue weighted by Gasteiger charge is -2.23. The van der Waals surface area contributed by atoms with Crippen molar-refractivity contribution in [1.82, 2.24) is 5.16 Å². The Balaban J connectivity index is 1.93. The Bertz CT molecular complexity index is 1240. The van der Waals surface area contributed by atoms with Gasteiger partial charge in [0.2, 0.25) is 0 Å². The lowest BCUT2D eigenvalue weighted by atomic mass is 9.95. The Hall–Kier alpha value is -4.27. The molecule has 1 unspecified atom stereocenters. The third-order valence-electron chi connectivity index (χ3n) is 5.27. The summed E-state index contributed by atoms with van der Waals surface area (Å²) < 4.78 is 15.7. The third-order valence-corrected chi connectivity index (χ3v) is 5.27. The maximum atomic E-state index is 13.1. The monoisotopic (exact) mass is 450 g/mol. The number of methoxy groups -OCH3 is 1. The number of hydrogen-bond donors (Lipinski definition) is 2. The van der Waals surface area contributed by atoms with Gasteiger partial charge in [0.1, 0.15) is 17.3 Å². The minimum absolute atomic E-state index is 0.0926. The van der Waals surface area contributed by atoms with Gasteiger partial charge in [-0.25, -0.2) is 0 Å². The molecule has 1 aliphatic heterocycles. The number of carbonyl (C=O) groups excluding carboxylic acids is 2. The second-order valence-electron chi connectivity index (χ2n) is 7.35. The van der Waals surface area contributed by atoms with Gasteiger partial charge in [-0.3, -0.25) is 14.5 Å². The number of benzene rings is 2. The highest BCUT2D eigenvalue weighted by molar-refractivity contribution is 6.51. The molecule has 4 rings (SSSR count). The minimum Gasteiger partial charge on any atom is -0.507 e. The molecule has 0 radical (unpaired) electrons. The number of phenols is 1. The number of nitrogens with zero attached hydrogens (tertiary/aromatic N) is 2. The SMILES string of the molecule is CCOc1cc(C2/C(=C(\O)c3ccc(OC)cc3)C(=O)C(=O)N2c2cc(C)on2)ccc1O. The number of rotatable bonds is 6. The summed E-state index contributed by atoms with van der Waals surface area (Å²) in [7, 11) is 1.51. The van der Waals surface area contributed by atoms with Crippen LogP contribution in [0.1, 0.15) is 29.9 Å². The molecule has 1 amide bonds. The molecule has 0 spiro atoms. The standard InChI is InChI=1S/C24H22N2O7/c1-4-32-18-12-15(7-10-17(18)27)21-20(22(28)14-5-8-16(31-3)9-6-14)23(29)24(30)26(21)19-11-13(2)33-25-19/h5-12,21,27-28H,4H2,1-3H3/b22-20+. The van der Waals surface area contributed by atoms with Crippen molar-refractivity contribution in [3.8, 4) is 17.2 Å². The highest BCUT2D eigenvalue weighted by Crippen LogP contribution is 2.43. The fourth-order valence-electron chi connectivity index (χ4n) is 3.73. The zero-order valence-corrected chi connectivity index (χ0v) is 18.2. The number of ether oxygens (including phenoxy) is 2. The zero-order chi connectivity index (χ0) is 23.7. The molecular formula is C24H22N2O7. The number of ketones is 1. The van der Waals surface area contributed by atoms with E-state index in [2.05, 4.69) is 5.16 Å². The van der Waals surface area contributed by atoms with Crippen molar-refractivity contribution in [2.24, 2.45) is 0 Å². The molecule has 1 saturated heterocycles. The van der Waals surface area contributed by atoms with E-state index >= 15 is 0 Å². The highest BCUT2D eigenvalue weighted by atomic mass is 16.5. The van der Waals surface area contributed by atoms with Crippen LogP contribution in [0, 0.1) is 6.92 Å². The molecule has 33 heavy (non-hydrogen) atoms. The van der Waals surface area contributed by atoms with Crippen LogP contribution in [-0.4, -0.2) is 40.8 Å². The second-order valence-corrected chi connectivity index (χ2v) is 7.35. The average molecular weight is 450 g/mol. The molecule has 1 atom stereocenters. The van der Waals surface area contributed by atoms with Crippen LogP contribution in [0.2, 0.25) is 0 Å². The molecule has 1 fully saturated rings. The summed E-state index contributed by atoms with van der Waals surface area (Å²) in [5.74, 6) is -0.863. The van der Waals surface area contributed by atoms with E-state index < -0.39 is 17.7 Å². The third kappa shape index (κ3) is 3.89. The molecule has 0 aliphatic carbocycles. The van der Waals surface area contributed by atoms with Crippen molar-refractivity contribution in [1.29, 1.82) is 0 Å². The fourth-order valence-corrected chi connectivity index (χ4v) is 3.73. The van der Waals surface area contributed by atoms with E-state index in [1.54, 1.807) is 44.2 Å². The molecule has 2 aromatic carbocycles. The van der Waals surface area contributed by atoms with Crippen LogP contribution < -0.4 is 14.4 Å². The molecule has 2 heterocycles. The first-order valence-corrected chi connectivity index (χ1v) is 10.2. The predicted octanol–water partition coefficient (Wildman–Crippen LogP) is 3.72. The summed E-state index contributed by atoms with van der Waals surface area (Å²) >= 11 is 0. The topological polar surface area (TPSA) is 122 Å². The number of aryl methyl sites for hydroxylation is 1. The Morgan fingerprint density at radius 1 is 1.15 bits per heavy atom. The van der Waals surface area contributed by atoms with Crippen LogP contribution >= 0.6 is 0 Å². The van der Waals surface area contributed by atoms with Crippen molar-refractivity contribution in [2.45, 2.75) is 19.9 Å². The van der Waals surface area contributed by atoms with E-state index in [1.807, 2.05) is 0 Å². The molecule has 170 valence electrons. The largest absolute Gasteiger partial charge is 0.507 e. The number of phenolic OH excluding ortho intramolecular Hbond substituents is 1. The second kappa shape index (κ2) is 8.70. The van der Waals surface area contributed by atoms with E-state index in [9.17, 15) is 19.8 Å². The van der Waals surface area contributed by atoms with Gasteiger partial charge in [-0.05, 0) is 55.8 Å². The molecule has 0 saturated carbocycles. The average Bonchev–Trinajstić information content (AvgIpc) is 3.35. The molecule has 0 bridgehead atoms. The van der Waals surface area contributed by atoms with Crippen molar-refractivity contribution >= 4 is 23.3 Å². The van der Waals surface area contributed by atoms with E-state index in [0.717, 1.165) is 4.90 Å². The van der Waals surface area contributed by atoms with E-state index in [0.29, 0.717) is 29.2 Å². The van der Waals surface area contributed by atoms with Crippen LogP contribution in [-0.2, 0) is 9.59 Å². The summed E-state index contributed by atoms with van der Waals surface area (Å²) in [5, 5.41) is 25.1. The van der Waals surface area contributed by atoms with Crippen molar-refractivity contribution in [2.75, 3.05) is 18.6 Å². The number of anilines is 1. The Kier molecular flexibility index (Phi) is 5.78. The lowest BCUT2D eigenvalue weighted by molar-refractivity contribution is -0.132. The zero-order valence-electron chi connectivity index (χ0n) is 18.2. The van der Waals surface area contributed by atoms with Crippen LogP contribution in [0.3, 0.4) is 0 Å². The number of aliphatic hydroxyl groups is 1. The molecular weight excluding hydrogens is 428 g/mol. The Morgan fingerprint density at radius 2 is 1.88 bits per heavy atom. The molecule has 9 nitrogen and oxygen atoms in total. The van der Waals surface area contributed by atoms with Gasteiger partial charge in [-0.1, -0.05) is 11.2 Å². The number of carbonyl (C=O) groups is 2. The Labute approximate surface area is 189 Å². The number of aliphatic hydroxyl groups excluding tert-OH is 1. The van der Waals surface area contributed by atoms with Crippen molar-refractivity contribution in [3.05, 3.63) is 71.0 Å². The maximum Gasteiger partial charge on any atom is 0.301 e. The van der Waals surface area contributed by atoms with Gasteiger partial charge in [-0.15, -0.1) is 0 Å². The lowest BCUT2D eigenvalue weighted by Crippen LogP contribution is -2.29. The predicted molar refractivity (Wildman–Crippen MR) is 118 cm³/mol.